The summed E-state index contributed by atoms with van der Waals surface area (Å²) in [5.74, 6) is -1.49. The van der Waals surface area contributed by atoms with E-state index >= 15 is 0 Å². The van der Waals surface area contributed by atoms with Crippen molar-refractivity contribution >= 4 is 18.0 Å². The van der Waals surface area contributed by atoms with Crippen molar-refractivity contribution in [2.75, 3.05) is 26.2 Å². The third-order valence-corrected chi connectivity index (χ3v) is 6.75. The Morgan fingerprint density at radius 1 is 1.03 bits per heavy atom. The van der Waals surface area contributed by atoms with Gasteiger partial charge in [-0.05, 0) is 46.9 Å². The highest BCUT2D eigenvalue weighted by atomic mass is 16.5. The number of carboxylic acid groups (broad SMARTS) is 1. The fourth-order valence-electron chi connectivity index (χ4n) is 4.69. The maximum absolute atomic E-state index is 13.1. The summed E-state index contributed by atoms with van der Waals surface area (Å²) in [5.41, 5.74) is 4.59. The number of hydrogen-bond acceptors (Lipinski definition) is 4. The lowest BCUT2D eigenvalue weighted by molar-refractivity contribution is -0.147. The van der Waals surface area contributed by atoms with E-state index in [0.29, 0.717) is 12.5 Å². The number of nitrogens with zero attached hydrogens (tertiary/aromatic N) is 1. The second-order valence-corrected chi connectivity index (χ2v) is 9.61. The van der Waals surface area contributed by atoms with Crippen LogP contribution in [0.15, 0.2) is 48.5 Å². The van der Waals surface area contributed by atoms with E-state index in [1.54, 1.807) is 0 Å². The van der Waals surface area contributed by atoms with Crippen molar-refractivity contribution in [1.82, 2.24) is 10.2 Å². The first kappa shape index (κ1) is 23.8. The van der Waals surface area contributed by atoms with E-state index in [2.05, 4.69) is 29.6 Å². The van der Waals surface area contributed by atoms with Crippen LogP contribution in [-0.2, 0) is 14.3 Å². The van der Waals surface area contributed by atoms with Crippen molar-refractivity contribution in [3.63, 3.8) is 0 Å². The van der Waals surface area contributed by atoms with Crippen LogP contribution in [0.5, 0.6) is 0 Å². The molecule has 1 atom stereocenters. The Morgan fingerprint density at radius 2 is 1.62 bits per heavy atom. The van der Waals surface area contributed by atoms with Gasteiger partial charge in [-0.3, -0.25) is 9.59 Å². The molecule has 2 amide bonds. The van der Waals surface area contributed by atoms with Crippen LogP contribution in [0.3, 0.4) is 0 Å². The van der Waals surface area contributed by atoms with E-state index in [9.17, 15) is 19.5 Å². The molecule has 0 heterocycles. The molecule has 1 unspecified atom stereocenters. The molecule has 0 aliphatic heterocycles. The van der Waals surface area contributed by atoms with Crippen molar-refractivity contribution < 1.29 is 24.2 Å². The van der Waals surface area contributed by atoms with Gasteiger partial charge in [0.25, 0.3) is 0 Å². The lowest BCUT2D eigenvalue weighted by atomic mass is 9.94. The number of fused-ring (bicyclic) bond motifs is 3. The maximum atomic E-state index is 13.1. The molecule has 2 aliphatic rings. The van der Waals surface area contributed by atoms with Gasteiger partial charge in [0.15, 0.2) is 0 Å². The molecular weight excluding hydrogens is 432 g/mol. The molecular formula is C27H32N2O5. The average Bonchev–Trinajstić information content (AvgIpc) is 3.57. The molecule has 2 N–H and O–H groups in total. The minimum Gasteiger partial charge on any atom is -0.480 e. The number of carboxylic acids is 1. The molecule has 2 aromatic carbocycles. The number of amides is 2. The van der Waals surface area contributed by atoms with Crippen molar-refractivity contribution in [1.29, 1.82) is 0 Å². The SMILES string of the molecule is CC(C)C(CNC(=O)OCC1c2ccccc2-c2ccccc21)C(=O)N(CC(=O)O)CC1CC1. The van der Waals surface area contributed by atoms with Crippen LogP contribution < -0.4 is 5.32 Å². The molecule has 1 fully saturated rings. The molecule has 34 heavy (non-hydrogen) atoms. The van der Waals surface area contributed by atoms with Gasteiger partial charge < -0.3 is 20.1 Å². The molecule has 0 radical (unpaired) electrons. The number of alkyl carbamates (subject to hydrolysis) is 1. The summed E-state index contributed by atoms with van der Waals surface area (Å²) in [6, 6.07) is 16.3. The Hall–Kier alpha value is -3.35. The number of benzene rings is 2. The third-order valence-electron chi connectivity index (χ3n) is 6.75. The molecule has 0 aromatic heterocycles. The van der Waals surface area contributed by atoms with Crippen LogP contribution in [-0.4, -0.2) is 54.2 Å². The monoisotopic (exact) mass is 464 g/mol. The number of nitrogens with one attached hydrogen (secondary N) is 1. The van der Waals surface area contributed by atoms with Gasteiger partial charge in [-0.2, -0.15) is 0 Å². The van der Waals surface area contributed by atoms with E-state index < -0.39 is 18.0 Å². The van der Waals surface area contributed by atoms with Crippen LogP contribution in [0, 0.1) is 17.8 Å². The van der Waals surface area contributed by atoms with Gasteiger partial charge in [0.05, 0.1) is 5.92 Å². The Morgan fingerprint density at radius 3 is 2.15 bits per heavy atom. The van der Waals surface area contributed by atoms with Gasteiger partial charge in [-0.1, -0.05) is 62.4 Å². The number of rotatable bonds is 10. The van der Waals surface area contributed by atoms with Crippen LogP contribution in [0.1, 0.15) is 43.7 Å². The molecule has 1 saturated carbocycles. The van der Waals surface area contributed by atoms with E-state index in [4.69, 9.17) is 4.74 Å². The van der Waals surface area contributed by atoms with Gasteiger partial charge in [0.1, 0.15) is 13.2 Å². The summed E-state index contributed by atoms with van der Waals surface area (Å²) in [6.45, 7) is 4.25. The number of hydrogen-bond donors (Lipinski definition) is 2. The summed E-state index contributed by atoms with van der Waals surface area (Å²) in [4.78, 5) is 38.4. The van der Waals surface area contributed by atoms with E-state index in [1.165, 1.54) is 4.90 Å². The molecule has 0 spiro atoms. The fourth-order valence-corrected chi connectivity index (χ4v) is 4.69. The second-order valence-electron chi connectivity index (χ2n) is 9.61. The summed E-state index contributed by atoms with van der Waals surface area (Å²) < 4.78 is 5.58. The predicted molar refractivity (Wildman–Crippen MR) is 128 cm³/mol. The molecule has 180 valence electrons. The van der Waals surface area contributed by atoms with E-state index in [-0.39, 0.29) is 37.4 Å². The Balaban J connectivity index is 1.36. The normalized spacial score (nSPS) is 15.4. The average molecular weight is 465 g/mol. The lowest BCUT2D eigenvalue weighted by Gasteiger charge is -2.28. The summed E-state index contributed by atoms with van der Waals surface area (Å²) in [6.07, 6.45) is 1.47. The van der Waals surface area contributed by atoms with Crippen LogP contribution >= 0.6 is 0 Å². The van der Waals surface area contributed by atoms with Gasteiger partial charge in [-0.25, -0.2) is 4.79 Å². The zero-order valence-electron chi connectivity index (χ0n) is 19.7. The molecule has 2 aromatic rings. The standard InChI is InChI=1S/C27H32N2O5/c1-17(2)23(26(32)29(15-25(30)31)14-18-11-12-18)13-28-27(33)34-16-24-21-9-5-3-7-19(21)20-8-4-6-10-22(20)24/h3-10,17-18,23-24H,11-16H2,1-2H3,(H,28,33)(H,30,31). The van der Waals surface area contributed by atoms with Crippen molar-refractivity contribution in [2.24, 2.45) is 17.8 Å². The number of carbonyl (C=O) groups is 3. The van der Waals surface area contributed by atoms with Crippen molar-refractivity contribution in [3.05, 3.63) is 59.7 Å². The first-order valence-electron chi connectivity index (χ1n) is 11.9. The predicted octanol–water partition coefficient (Wildman–Crippen LogP) is 4.12. The molecule has 0 bridgehead atoms. The highest BCUT2D eigenvalue weighted by Gasteiger charge is 2.33. The molecule has 7 heteroatoms. The fraction of sp³-hybridized carbons (Fsp3) is 0.444. The van der Waals surface area contributed by atoms with Gasteiger partial charge in [0, 0.05) is 19.0 Å². The maximum Gasteiger partial charge on any atom is 0.407 e. The molecule has 7 nitrogen and oxygen atoms in total. The van der Waals surface area contributed by atoms with Crippen LogP contribution in [0.4, 0.5) is 4.79 Å². The Bertz CT molecular complexity index is 1020. The zero-order chi connectivity index (χ0) is 24.2. The lowest BCUT2D eigenvalue weighted by Crippen LogP contribution is -2.46. The third kappa shape index (κ3) is 5.41. The molecule has 2 aliphatic carbocycles. The number of aliphatic carboxylic acids is 1. The largest absolute Gasteiger partial charge is 0.480 e. The highest BCUT2D eigenvalue weighted by molar-refractivity contribution is 5.84. The minimum absolute atomic E-state index is 0.0368. The van der Waals surface area contributed by atoms with E-state index in [1.807, 2.05) is 38.1 Å². The first-order valence-corrected chi connectivity index (χ1v) is 11.9. The topological polar surface area (TPSA) is 95.9 Å². The number of ether oxygens (including phenoxy) is 1. The molecule has 4 rings (SSSR count). The van der Waals surface area contributed by atoms with Gasteiger partial charge in [-0.15, -0.1) is 0 Å². The van der Waals surface area contributed by atoms with Gasteiger partial charge >= 0.3 is 12.1 Å². The molecule has 0 saturated heterocycles. The van der Waals surface area contributed by atoms with Crippen LogP contribution in [0.25, 0.3) is 11.1 Å². The van der Waals surface area contributed by atoms with Gasteiger partial charge in [0.2, 0.25) is 5.91 Å². The zero-order valence-corrected chi connectivity index (χ0v) is 19.7. The number of carbonyl (C=O) groups excluding carboxylic acids is 2. The summed E-state index contributed by atoms with van der Waals surface area (Å²) >= 11 is 0. The minimum atomic E-state index is -1.03. The summed E-state index contributed by atoms with van der Waals surface area (Å²) in [7, 11) is 0. The first-order chi connectivity index (χ1) is 16.3. The van der Waals surface area contributed by atoms with Crippen molar-refractivity contribution in [2.45, 2.75) is 32.6 Å². The second kappa shape index (κ2) is 10.3. The highest BCUT2D eigenvalue weighted by Crippen LogP contribution is 2.44. The quantitative estimate of drug-likeness (QED) is 0.551. The Kier molecular flexibility index (Phi) is 7.20. The van der Waals surface area contributed by atoms with Crippen LogP contribution in [0.2, 0.25) is 0 Å². The van der Waals surface area contributed by atoms with Crippen molar-refractivity contribution in [3.8, 4) is 11.1 Å². The Labute approximate surface area is 200 Å². The van der Waals surface area contributed by atoms with E-state index in [0.717, 1.165) is 35.1 Å². The summed E-state index contributed by atoms with van der Waals surface area (Å²) in [5, 5.41) is 12.0. The smallest absolute Gasteiger partial charge is 0.407 e.